The summed E-state index contributed by atoms with van der Waals surface area (Å²) < 4.78 is 1.94. The van der Waals surface area contributed by atoms with Crippen LogP contribution in [0.4, 0.5) is 0 Å². The lowest BCUT2D eigenvalue weighted by molar-refractivity contribution is 0.568. The van der Waals surface area contributed by atoms with E-state index >= 15 is 0 Å². The van der Waals surface area contributed by atoms with Crippen molar-refractivity contribution in [3.8, 4) is 11.8 Å². The van der Waals surface area contributed by atoms with E-state index in [1.807, 2.05) is 4.68 Å². The molecule has 1 saturated carbocycles. The molecule has 1 fully saturated rings. The predicted molar refractivity (Wildman–Crippen MR) is 74.1 cm³/mol. The minimum Gasteiger partial charge on any atom is -0.310 e. The van der Waals surface area contributed by atoms with Gasteiger partial charge in [0.2, 0.25) is 0 Å². The number of hydrogen-bond acceptors (Lipinski definition) is 2. The van der Waals surface area contributed by atoms with Gasteiger partial charge < -0.3 is 5.32 Å². The summed E-state index contributed by atoms with van der Waals surface area (Å²) in [5, 5.41) is 8.02. The average Bonchev–Trinajstić information content (AvgIpc) is 3.00. The molecule has 1 aromatic heterocycles. The number of aryl methyl sites for hydroxylation is 1. The van der Waals surface area contributed by atoms with E-state index in [1.165, 1.54) is 18.4 Å². The van der Waals surface area contributed by atoms with E-state index in [0.29, 0.717) is 6.54 Å². The molecule has 3 heteroatoms. The van der Waals surface area contributed by atoms with E-state index in [4.69, 9.17) is 0 Å². The molecular weight excluding hydrogens is 222 g/mol. The Morgan fingerprint density at radius 2 is 2.17 bits per heavy atom. The Balaban J connectivity index is 1.92. The van der Waals surface area contributed by atoms with Crippen molar-refractivity contribution < 1.29 is 0 Å². The molecule has 3 nitrogen and oxygen atoms in total. The molecule has 0 saturated heterocycles. The molecule has 0 atom stereocenters. The fourth-order valence-corrected chi connectivity index (χ4v) is 1.74. The Hall–Kier alpha value is -1.27. The van der Waals surface area contributed by atoms with Crippen LogP contribution in [-0.4, -0.2) is 15.8 Å². The summed E-state index contributed by atoms with van der Waals surface area (Å²) in [6, 6.07) is 0.744. The van der Waals surface area contributed by atoms with Gasteiger partial charge in [0, 0.05) is 29.8 Å². The van der Waals surface area contributed by atoms with Gasteiger partial charge in [-0.05, 0) is 40.5 Å². The third kappa shape index (κ3) is 4.19. The molecule has 98 valence electrons. The van der Waals surface area contributed by atoms with Gasteiger partial charge in [-0.3, -0.25) is 4.68 Å². The molecule has 0 spiro atoms. The molecule has 18 heavy (non-hydrogen) atoms. The molecular formula is C15H23N3. The summed E-state index contributed by atoms with van der Waals surface area (Å²) in [5.74, 6) is 6.42. The van der Waals surface area contributed by atoms with Gasteiger partial charge in [-0.1, -0.05) is 11.8 Å². The van der Waals surface area contributed by atoms with Crippen molar-refractivity contribution in [3.05, 3.63) is 17.5 Å². The lowest BCUT2D eigenvalue weighted by Gasteiger charge is -2.06. The number of hydrogen-bond donors (Lipinski definition) is 1. The Labute approximate surface area is 110 Å². The molecule has 0 aliphatic heterocycles. The second-order valence-electron chi connectivity index (χ2n) is 6.14. The van der Waals surface area contributed by atoms with Gasteiger partial charge in [-0.15, -0.1) is 0 Å². The maximum absolute atomic E-state index is 4.50. The lowest BCUT2D eigenvalue weighted by Crippen LogP contribution is -2.15. The van der Waals surface area contributed by atoms with E-state index in [9.17, 15) is 0 Å². The highest BCUT2D eigenvalue weighted by Crippen LogP contribution is 2.19. The van der Waals surface area contributed by atoms with Gasteiger partial charge in [0.05, 0.1) is 5.69 Å². The zero-order chi connectivity index (χ0) is 13.2. The van der Waals surface area contributed by atoms with Gasteiger partial charge in [0.15, 0.2) is 0 Å². The smallest absolute Gasteiger partial charge is 0.102 e. The van der Waals surface area contributed by atoms with Gasteiger partial charge in [0.1, 0.15) is 6.54 Å². The monoisotopic (exact) mass is 245 g/mol. The van der Waals surface area contributed by atoms with Crippen LogP contribution in [-0.2, 0) is 13.1 Å². The Kier molecular flexibility index (Phi) is 3.77. The normalized spacial score (nSPS) is 15.3. The molecule has 1 aliphatic carbocycles. The van der Waals surface area contributed by atoms with Crippen LogP contribution in [0.5, 0.6) is 0 Å². The Morgan fingerprint density at radius 1 is 1.44 bits per heavy atom. The lowest BCUT2D eigenvalue weighted by atomic mass is 9.98. The third-order valence-electron chi connectivity index (χ3n) is 2.91. The zero-order valence-corrected chi connectivity index (χ0v) is 11.9. The van der Waals surface area contributed by atoms with Crippen LogP contribution in [0.15, 0.2) is 6.20 Å². The summed E-state index contributed by atoms with van der Waals surface area (Å²) in [6.45, 7) is 10.1. The molecule has 0 radical (unpaired) electrons. The predicted octanol–water partition coefficient (Wildman–Crippen LogP) is 2.49. The molecule has 1 aromatic rings. The summed E-state index contributed by atoms with van der Waals surface area (Å²) in [4.78, 5) is 0. The van der Waals surface area contributed by atoms with Crippen molar-refractivity contribution in [2.75, 3.05) is 0 Å². The first-order chi connectivity index (χ1) is 8.44. The SMILES string of the molecule is Cc1nn(CC#CC(C)(C)C)cc1CNC1CC1. The highest BCUT2D eigenvalue weighted by Gasteiger charge is 2.20. The van der Waals surface area contributed by atoms with Crippen LogP contribution >= 0.6 is 0 Å². The van der Waals surface area contributed by atoms with Crippen molar-refractivity contribution in [1.29, 1.82) is 0 Å². The minimum absolute atomic E-state index is 0.0680. The maximum atomic E-state index is 4.50. The summed E-state index contributed by atoms with van der Waals surface area (Å²) in [5.41, 5.74) is 2.47. The fourth-order valence-electron chi connectivity index (χ4n) is 1.74. The van der Waals surface area contributed by atoms with Crippen molar-refractivity contribution >= 4 is 0 Å². The highest BCUT2D eigenvalue weighted by molar-refractivity contribution is 5.16. The summed E-state index contributed by atoms with van der Waals surface area (Å²) in [7, 11) is 0. The van der Waals surface area contributed by atoms with Crippen molar-refractivity contribution in [2.45, 2.75) is 59.7 Å². The average molecular weight is 245 g/mol. The third-order valence-corrected chi connectivity index (χ3v) is 2.91. The quantitative estimate of drug-likeness (QED) is 0.826. The van der Waals surface area contributed by atoms with E-state index in [-0.39, 0.29) is 5.41 Å². The maximum Gasteiger partial charge on any atom is 0.102 e. The van der Waals surface area contributed by atoms with E-state index in [1.54, 1.807) is 0 Å². The van der Waals surface area contributed by atoms with Gasteiger partial charge in [-0.2, -0.15) is 5.10 Å². The van der Waals surface area contributed by atoms with Gasteiger partial charge >= 0.3 is 0 Å². The summed E-state index contributed by atoms with van der Waals surface area (Å²) in [6.07, 6.45) is 4.76. The standard InChI is InChI=1S/C15H23N3/c1-12-13(10-16-14-6-7-14)11-18(17-12)9-5-8-15(2,3)4/h11,14,16H,6-7,9-10H2,1-4H3. The molecule has 0 aromatic carbocycles. The molecule has 1 heterocycles. The number of nitrogens with one attached hydrogen (secondary N) is 1. The first kappa shape index (κ1) is 13.2. The Morgan fingerprint density at radius 3 is 2.78 bits per heavy atom. The van der Waals surface area contributed by atoms with Crippen molar-refractivity contribution in [1.82, 2.24) is 15.1 Å². The number of aromatic nitrogens is 2. The van der Waals surface area contributed by atoms with Crippen LogP contribution in [0.3, 0.4) is 0 Å². The van der Waals surface area contributed by atoms with Gasteiger partial charge in [-0.25, -0.2) is 0 Å². The van der Waals surface area contributed by atoms with Crippen LogP contribution in [0.1, 0.15) is 44.9 Å². The van der Waals surface area contributed by atoms with Gasteiger partial charge in [0.25, 0.3) is 0 Å². The van der Waals surface area contributed by atoms with Crippen LogP contribution in [0, 0.1) is 24.2 Å². The van der Waals surface area contributed by atoms with Crippen molar-refractivity contribution in [3.63, 3.8) is 0 Å². The topological polar surface area (TPSA) is 29.9 Å². The van der Waals surface area contributed by atoms with E-state index in [2.05, 4.69) is 56.1 Å². The first-order valence-corrected chi connectivity index (χ1v) is 6.70. The second-order valence-corrected chi connectivity index (χ2v) is 6.14. The van der Waals surface area contributed by atoms with Crippen LogP contribution in [0.2, 0.25) is 0 Å². The fraction of sp³-hybridized carbons (Fsp3) is 0.667. The largest absolute Gasteiger partial charge is 0.310 e. The molecule has 1 N–H and O–H groups in total. The second kappa shape index (κ2) is 5.16. The molecule has 0 amide bonds. The van der Waals surface area contributed by atoms with Crippen LogP contribution < -0.4 is 5.32 Å². The highest BCUT2D eigenvalue weighted by atomic mass is 15.3. The minimum atomic E-state index is 0.0680. The molecule has 0 unspecified atom stereocenters. The number of rotatable bonds is 4. The summed E-state index contributed by atoms with van der Waals surface area (Å²) >= 11 is 0. The van der Waals surface area contributed by atoms with E-state index < -0.39 is 0 Å². The molecule has 0 bridgehead atoms. The van der Waals surface area contributed by atoms with E-state index in [0.717, 1.165) is 18.3 Å². The molecule has 2 rings (SSSR count). The number of nitrogens with zero attached hydrogens (tertiary/aromatic N) is 2. The van der Waals surface area contributed by atoms with Crippen LogP contribution in [0.25, 0.3) is 0 Å². The molecule has 1 aliphatic rings. The Bertz CT molecular complexity index is 464. The van der Waals surface area contributed by atoms with Crippen molar-refractivity contribution in [2.24, 2.45) is 5.41 Å². The zero-order valence-electron chi connectivity index (χ0n) is 11.9. The first-order valence-electron chi connectivity index (χ1n) is 6.70.